The molecule has 1 aromatic carbocycles. The maximum Gasteiger partial charge on any atom is 0.166 e. The molecule has 0 aliphatic carbocycles. The van der Waals surface area contributed by atoms with Crippen molar-refractivity contribution in [3.05, 3.63) is 18.2 Å². The highest BCUT2D eigenvalue weighted by molar-refractivity contribution is 7.93. The average molecular weight is 197 g/mol. The van der Waals surface area contributed by atoms with Gasteiger partial charge in [-0.15, -0.1) is 10.5 Å². The Kier molecular flexibility index (Phi) is 2.27. The topological polar surface area (TPSA) is 18.5 Å². The molecular formula is C10H13O2S+. The number of hydrogen-bond acceptors (Lipinski definition) is 2. The lowest BCUT2D eigenvalue weighted by molar-refractivity contribution is 0.171. The van der Waals surface area contributed by atoms with Crippen LogP contribution in [0.5, 0.6) is 11.5 Å². The van der Waals surface area contributed by atoms with Crippen LogP contribution >= 0.6 is 0 Å². The predicted molar refractivity (Wildman–Crippen MR) is 57.5 cm³/mol. The third-order valence-corrected chi connectivity index (χ3v) is 3.13. The van der Waals surface area contributed by atoms with Gasteiger partial charge in [0.05, 0.1) is 6.26 Å². The van der Waals surface area contributed by atoms with Gasteiger partial charge in [0.25, 0.3) is 0 Å². The Bertz CT molecular complexity index is 347. The summed E-state index contributed by atoms with van der Waals surface area (Å²) in [6.45, 7) is 1.30. The molecule has 0 radical (unpaired) electrons. The van der Waals surface area contributed by atoms with E-state index in [-0.39, 0.29) is 10.5 Å². The second-order valence-corrected chi connectivity index (χ2v) is 4.94. The zero-order valence-electron chi connectivity index (χ0n) is 7.62. The number of thiol groups is 1. The number of hydrogen-bond donors (Lipinski definition) is 0. The van der Waals surface area contributed by atoms with Crippen molar-refractivity contribution in [3.63, 3.8) is 0 Å². The van der Waals surface area contributed by atoms with Gasteiger partial charge in [-0.2, -0.15) is 0 Å². The molecule has 1 aliphatic rings. The van der Waals surface area contributed by atoms with Gasteiger partial charge in [-0.25, -0.2) is 0 Å². The molecule has 0 spiro atoms. The van der Waals surface area contributed by atoms with Crippen LogP contribution in [-0.2, 0) is 10.5 Å². The van der Waals surface area contributed by atoms with E-state index in [1.807, 2.05) is 12.1 Å². The quantitative estimate of drug-likeness (QED) is 0.383. The molecule has 2 nitrogen and oxygen atoms in total. The normalized spacial score (nSPS) is 16.7. The molecule has 0 saturated heterocycles. The van der Waals surface area contributed by atoms with E-state index in [0.717, 1.165) is 11.5 Å². The van der Waals surface area contributed by atoms with Crippen LogP contribution in [0.2, 0.25) is 0 Å². The van der Waals surface area contributed by atoms with Gasteiger partial charge in [0.15, 0.2) is 11.5 Å². The van der Waals surface area contributed by atoms with Gasteiger partial charge in [0.1, 0.15) is 18.1 Å². The Morgan fingerprint density at radius 2 is 1.92 bits per heavy atom. The standard InChI is InChI=1S/C10H12O2S/c1-13(2)8-3-4-9-10(7-8)12-6-5-11-9/h3-4,7H,1,5-6H2,2H3/p+1. The average Bonchev–Trinajstić information content (AvgIpc) is 2.17. The van der Waals surface area contributed by atoms with E-state index < -0.39 is 0 Å². The van der Waals surface area contributed by atoms with Crippen LogP contribution in [0.4, 0.5) is 0 Å². The number of benzene rings is 1. The Morgan fingerprint density at radius 3 is 2.62 bits per heavy atom. The van der Waals surface area contributed by atoms with E-state index in [1.165, 1.54) is 4.90 Å². The van der Waals surface area contributed by atoms with Crippen LogP contribution in [0.25, 0.3) is 0 Å². The zero-order valence-corrected chi connectivity index (χ0v) is 8.51. The summed E-state index contributed by atoms with van der Waals surface area (Å²) in [6, 6.07) is 6.06. The van der Waals surface area contributed by atoms with Gasteiger partial charge >= 0.3 is 0 Å². The van der Waals surface area contributed by atoms with Gasteiger partial charge in [-0.05, 0) is 12.1 Å². The fraction of sp³-hybridized carbons (Fsp3) is 0.300. The molecule has 1 aromatic rings. The van der Waals surface area contributed by atoms with Gasteiger partial charge in [0, 0.05) is 11.9 Å². The zero-order chi connectivity index (χ0) is 9.26. The highest BCUT2D eigenvalue weighted by Gasteiger charge is 2.12. The van der Waals surface area contributed by atoms with Crippen LogP contribution in [-0.4, -0.2) is 25.3 Å². The summed E-state index contributed by atoms with van der Waals surface area (Å²) in [5, 5.41) is 0. The predicted octanol–water partition coefficient (Wildman–Crippen LogP) is 1.23. The summed E-state index contributed by atoms with van der Waals surface area (Å²) in [4.78, 5) is 1.25. The minimum Gasteiger partial charge on any atom is -0.486 e. The fourth-order valence-corrected chi connectivity index (χ4v) is 1.94. The molecule has 0 aromatic heterocycles. The number of rotatable bonds is 1. The molecule has 2 rings (SSSR count). The molecular weight excluding hydrogens is 184 g/mol. The minimum absolute atomic E-state index is 0.296. The second-order valence-electron chi connectivity index (χ2n) is 3.03. The van der Waals surface area contributed by atoms with Gasteiger partial charge in [-0.1, -0.05) is 0 Å². The van der Waals surface area contributed by atoms with E-state index in [0.29, 0.717) is 13.2 Å². The Labute approximate surface area is 80.4 Å². The largest absolute Gasteiger partial charge is 0.486 e. The first-order valence-corrected chi connectivity index (χ1v) is 6.18. The molecule has 1 atom stereocenters. The molecule has 0 saturated carbocycles. The van der Waals surface area contributed by atoms with E-state index in [2.05, 4.69) is 18.2 Å². The summed E-state index contributed by atoms with van der Waals surface area (Å²) >= 11 is 0. The summed E-state index contributed by atoms with van der Waals surface area (Å²) < 4.78 is 10.9. The molecule has 1 aliphatic heterocycles. The van der Waals surface area contributed by atoms with Crippen molar-refractivity contribution in [1.82, 2.24) is 0 Å². The monoisotopic (exact) mass is 197 g/mol. The fourth-order valence-electron chi connectivity index (χ4n) is 1.27. The summed E-state index contributed by atoms with van der Waals surface area (Å²) in [5.74, 6) is 5.74. The lowest BCUT2D eigenvalue weighted by atomic mass is 10.3. The van der Waals surface area contributed by atoms with Crippen LogP contribution in [0, 0.1) is 0 Å². The molecule has 3 heteroatoms. The summed E-state index contributed by atoms with van der Waals surface area (Å²) in [7, 11) is -0.296. The lowest BCUT2D eigenvalue weighted by Crippen LogP contribution is -2.15. The molecule has 0 bridgehead atoms. The number of fused-ring (bicyclic) bond motifs is 1. The smallest absolute Gasteiger partial charge is 0.166 e. The summed E-state index contributed by atoms with van der Waals surface area (Å²) in [5.41, 5.74) is 0. The molecule has 1 unspecified atom stereocenters. The molecule has 13 heavy (non-hydrogen) atoms. The first kappa shape index (κ1) is 8.63. The minimum atomic E-state index is -0.296. The van der Waals surface area contributed by atoms with Crippen molar-refractivity contribution in [2.45, 2.75) is 4.90 Å². The van der Waals surface area contributed by atoms with E-state index in [4.69, 9.17) is 9.47 Å². The SMILES string of the molecule is C=[SH+](C)c1ccc2c(c1)OCCO2. The van der Waals surface area contributed by atoms with Crippen molar-refractivity contribution in [3.8, 4) is 11.5 Å². The maximum absolute atomic E-state index is 5.47. The van der Waals surface area contributed by atoms with Crippen molar-refractivity contribution in [2.24, 2.45) is 0 Å². The Hall–Kier alpha value is -0.960. The maximum atomic E-state index is 5.47. The van der Waals surface area contributed by atoms with Gasteiger partial charge < -0.3 is 9.47 Å². The van der Waals surface area contributed by atoms with Crippen molar-refractivity contribution in [1.29, 1.82) is 0 Å². The third kappa shape index (κ3) is 1.70. The summed E-state index contributed by atoms with van der Waals surface area (Å²) in [6.07, 6.45) is 2.13. The third-order valence-electron chi connectivity index (χ3n) is 1.97. The highest BCUT2D eigenvalue weighted by Crippen LogP contribution is 2.31. The van der Waals surface area contributed by atoms with Crippen molar-refractivity contribution < 1.29 is 9.47 Å². The van der Waals surface area contributed by atoms with Crippen molar-refractivity contribution >= 4 is 16.4 Å². The van der Waals surface area contributed by atoms with Crippen LogP contribution < -0.4 is 9.47 Å². The van der Waals surface area contributed by atoms with Gasteiger partial charge in [0.2, 0.25) is 0 Å². The molecule has 0 fully saturated rings. The molecule has 70 valence electrons. The van der Waals surface area contributed by atoms with E-state index >= 15 is 0 Å². The first-order valence-electron chi connectivity index (χ1n) is 4.21. The molecule has 1 heterocycles. The second kappa shape index (κ2) is 3.42. The van der Waals surface area contributed by atoms with Gasteiger partial charge in [-0.3, -0.25) is 0 Å². The first-order chi connectivity index (χ1) is 6.27. The number of ether oxygens (including phenoxy) is 2. The molecule has 0 amide bonds. The van der Waals surface area contributed by atoms with E-state index in [9.17, 15) is 0 Å². The van der Waals surface area contributed by atoms with E-state index in [1.54, 1.807) is 0 Å². The lowest BCUT2D eigenvalue weighted by Gasteiger charge is -2.17. The van der Waals surface area contributed by atoms with Crippen molar-refractivity contribution in [2.75, 3.05) is 19.5 Å². The van der Waals surface area contributed by atoms with Crippen LogP contribution in [0.3, 0.4) is 0 Å². The Morgan fingerprint density at radius 1 is 1.23 bits per heavy atom. The Balaban J connectivity index is 2.40. The highest BCUT2D eigenvalue weighted by atomic mass is 32.2. The van der Waals surface area contributed by atoms with Crippen LogP contribution in [0.1, 0.15) is 0 Å². The molecule has 0 N–H and O–H groups in total. The van der Waals surface area contributed by atoms with Crippen LogP contribution in [0.15, 0.2) is 23.1 Å².